The van der Waals surface area contributed by atoms with E-state index in [0.29, 0.717) is 11.7 Å². The largest absolute Gasteiger partial charge is 0.324 e. The fourth-order valence-corrected chi connectivity index (χ4v) is 4.34. The Labute approximate surface area is 137 Å². The second-order valence-electron chi connectivity index (χ2n) is 7.10. The fourth-order valence-electron chi connectivity index (χ4n) is 4.34. The molecule has 2 aromatic rings. The van der Waals surface area contributed by atoms with Gasteiger partial charge in [-0.2, -0.15) is 0 Å². The van der Waals surface area contributed by atoms with E-state index in [4.69, 9.17) is 0 Å². The number of aromatic nitrogens is 1. The first-order valence-corrected chi connectivity index (χ1v) is 8.19. The van der Waals surface area contributed by atoms with Crippen LogP contribution in [0, 0.1) is 11.3 Å². The highest BCUT2D eigenvalue weighted by Crippen LogP contribution is 2.58. The SMILES string of the molecule is C=Cc1ccc(-n2cccc2)cc1C1=C(C)C(=O)C2(C)CC1C2. The van der Waals surface area contributed by atoms with Gasteiger partial charge in [0.2, 0.25) is 0 Å². The van der Waals surface area contributed by atoms with Crippen LogP contribution in [-0.4, -0.2) is 10.4 Å². The van der Waals surface area contributed by atoms with E-state index in [-0.39, 0.29) is 5.41 Å². The van der Waals surface area contributed by atoms with Crippen molar-refractivity contribution in [2.24, 2.45) is 11.3 Å². The average molecular weight is 303 g/mol. The topological polar surface area (TPSA) is 22.0 Å². The van der Waals surface area contributed by atoms with Gasteiger partial charge in [0.15, 0.2) is 5.78 Å². The van der Waals surface area contributed by atoms with Gasteiger partial charge >= 0.3 is 0 Å². The van der Waals surface area contributed by atoms with Gasteiger partial charge in [0.05, 0.1) is 0 Å². The zero-order valence-electron chi connectivity index (χ0n) is 13.7. The fraction of sp³-hybridized carbons (Fsp3) is 0.286. The van der Waals surface area contributed by atoms with Crippen LogP contribution in [0.4, 0.5) is 0 Å². The molecule has 0 spiro atoms. The second kappa shape index (κ2) is 4.82. The summed E-state index contributed by atoms with van der Waals surface area (Å²) in [5.74, 6) is 0.840. The number of hydrogen-bond donors (Lipinski definition) is 0. The van der Waals surface area contributed by atoms with Crippen molar-refractivity contribution in [3.05, 3.63) is 66.0 Å². The molecule has 0 aliphatic heterocycles. The van der Waals surface area contributed by atoms with Crippen molar-refractivity contribution >= 4 is 17.4 Å². The van der Waals surface area contributed by atoms with Crippen molar-refractivity contribution in [3.63, 3.8) is 0 Å². The molecule has 0 atom stereocenters. The van der Waals surface area contributed by atoms with Crippen LogP contribution < -0.4 is 0 Å². The van der Waals surface area contributed by atoms with Crippen LogP contribution in [0.5, 0.6) is 0 Å². The molecule has 0 saturated heterocycles. The summed E-state index contributed by atoms with van der Waals surface area (Å²) in [5.41, 5.74) is 5.48. The van der Waals surface area contributed by atoms with Crippen molar-refractivity contribution in [2.45, 2.75) is 26.7 Å². The monoisotopic (exact) mass is 303 g/mol. The summed E-state index contributed by atoms with van der Waals surface area (Å²) in [7, 11) is 0. The van der Waals surface area contributed by atoms with Crippen molar-refractivity contribution in [2.75, 3.05) is 0 Å². The quantitative estimate of drug-likeness (QED) is 0.791. The maximum Gasteiger partial charge on any atom is 0.164 e. The highest BCUT2D eigenvalue weighted by atomic mass is 16.1. The van der Waals surface area contributed by atoms with Gasteiger partial charge in [-0.05, 0) is 72.2 Å². The predicted octanol–water partition coefficient (Wildman–Crippen LogP) is 4.89. The van der Waals surface area contributed by atoms with Crippen molar-refractivity contribution in [3.8, 4) is 5.69 Å². The molecular weight excluding hydrogens is 282 g/mol. The summed E-state index contributed by atoms with van der Waals surface area (Å²) < 4.78 is 2.10. The minimum absolute atomic E-state index is 0.107. The van der Waals surface area contributed by atoms with Crippen LogP contribution in [-0.2, 0) is 4.79 Å². The van der Waals surface area contributed by atoms with Crippen LogP contribution in [0.2, 0.25) is 0 Å². The third-order valence-corrected chi connectivity index (χ3v) is 5.54. The highest BCUT2D eigenvalue weighted by molar-refractivity contribution is 6.10. The average Bonchev–Trinajstić information content (AvgIpc) is 3.05. The van der Waals surface area contributed by atoms with E-state index in [1.54, 1.807) is 0 Å². The maximum absolute atomic E-state index is 12.7. The molecular formula is C21H21NO. The summed E-state index contributed by atoms with van der Waals surface area (Å²) in [6.07, 6.45) is 7.96. The molecule has 0 unspecified atom stereocenters. The van der Waals surface area contributed by atoms with Crippen LogP contribution in [0.1, 0.15) is 37.8 Å². The minimum Gasteiger partial charge on any atom is -0.324 e. The Morgan fingerprint density at radius 1 is 1.26 bits per heavy atom. The molecule has 1 aromatic carbocycles. The van der Waals surface area contributed by atoms with Crippen LogP contribution in [0.25, 0.3) is 17.3 Å². The summed E-state index contributed by atoms with van der Waals surface area (Å²) in [5, 5.41) is 0. The second-order valence-corrected chi connectivity index (χ2v) is 7.10. The van der Waals surface area contributed by atoms with E-state index in [0.717, 1.165) is 29.7 Å². The molecule has 2 heteroatoms. The van der Waals surface area contributed by atoms with E-state index < -0.39 is 0 Å². The summed E-state index contributed by atoms with van der Waals surface area (Å²) in [6, 6.07) is 10.4. The van der Waals surface area contributed by atoms with Crippen LogP contribution in [0.15, 0.2) is 54.9 Å². The highest BCUT2D eigenvalue weighted by Gasteiger charge is 2.52. The number of nitrogens with zero attached hydrogens (tertiary/aromatic N) is 1. The molecule has 0 radical (unpaired) electrons. The molecule has 5 rings (SSSR count). The maximum atomic E-state index is 12.7. The molecule has 116 valence electrons. The number of benzene rings is 1. The van der Waals surface area contributed by atoms with Crippen molar-refractivity contribution < 1.29 is 4.79 Å². The molecule has 1 saturated carbocycles. The number of fused-ring (bicyclic) bond motifs is 1. The predicted molar refractivity (Wildman–Crippen MR) is 94.3 cm³/mol. The molecule has 0 N–H and O–H groups in total. The van der Waals surface area contributed by atoms with E-state index >= 15 is 0 Å². The summed E-state index contributed by atoms with van der Waals surface area (Å²) >= 11 is 0. The number of carbonyl (C=O) groups excluding carboxylic acids is 1. The van der Waals surface area contributed by atoms with Gasteiger partial charge < -0.3 is 4.57 Å². The number of carbonyl (C=O) groups is 1. The first kappa shape index (κ1) is 14.3. The third-order valence-electron chi connectivity index (χ3n) is 5.54. The smallest absolute Gasteiger partial charge is 0.164 e. The van der Waals surface area contributed by atoms with Gasteiger partial charge in [0, 0.05) is 23.5 Å². The van der Waals surface area contributed by atoms with Crippen molar-refractivity contribution in [1.82, 2.24) is 4.57 Å². The van der Waals surface area contributed by atoms with Gasteiger partial charge in [0.25, 0.3) is 0 Å². The zero-order chi connectivity index (χ0) is 16.2. The van der Waals surface area contributed by atoms with Crippen LogP contribution >= 0.6 is 0 Å². The minimum atomic E-state index is -0.107. The lowest BCUT2D eigenvalue weighted by Gasteiger charge is -2.50. The van der Waals surface area contributed by atoms with Gasteiger partial charge in [-0.1, -0.05) is 25.6 Å². The van der Waals surface area contributed by atoms with E-state index in [1.807, 2.05) is 37.5 Å². The zero-order valence-corrected chi connectivity index (χ0v) is 13.7. The molecule has 2 nitrogen and oxygen atoms in total. The number of allylic oxidation sites excluding steroid dienone is 2. The Bertz CT molecular complexity index is 833. The van der Waals surface area contributed by atoms with Gasteiger partial charge in [0.1, 0.15) is 0 Å². The van der Waals surface area contributed by atoms with Crippen LogP contribution in [0.3, 0.4) is 0 Å². The summed E-state index contributed by atoms with van der Waals surface area (Å²) in [4.78, 5) is 12.7. The Morgan fingerprint density at radius 2 is 1.96 bits per heavy atom. The Morgan fingerprint density at radius 3 is 2.61 bits per heavy atom. The number of ketones is 1. The molecule has 0 amide bonds. The van der Waals surface area contributed by atoms with Gasteiger partial charge in [-0.25, -0.2) is 0 Å². The third kappa shape index (κ3) is 1.98. The molecule has 1 aromatic heterocycles. The van der Waals surface area contributed by atoms with E-state index in [1.165, 1.54) is 11.1 Å². The van der Waals surface area contributed by atoms with E-state index in [9.17, 15) is 4.79 Å². The molecule has 3 aliphatic carbocycles. The molecule has 23 heavy (non-hydrogen) atoms. The van der Waals surface area contributed by atoms with Crippen molar-refractivity contribution in [1.29, 1.82) is 0 Å². The van der Waals surface area contributed by atoms with Gasteiger partial charge in [-0.3, -0.25) is 4.79 Å². The first-order valence-electron chi connectivity index (χ1n) is 8.19. The molecule has 1 heterocycles. The molecule has 1 fully saturated rings. The normalized spacial score (nSPS) is 26.2. The number of Topliss-reactive ketones (excluding diaryl/α,β-unsaturated/α-hetero) is 1. The number of hydrogen-bond acceptors (Lipinski definition) is 1. The first-order chi connectivity index (χ1) is 11.0. The molecule has 3 aliphatic rings. The number of rotatable bonds is 3. The summed E-state index contributed by atoms with van der Waals surface area (Å²) in [6.45, 7) is 8.06. The molecule has 2 bridgehead atoms. The lowest BCUT2D eigenvalue weighted by atomic mass is 9.52. The lowest BCUT2D eigenvalue weighted by molar-refractivity contribution is -0.131. The Hall–Kier alpha value is -2.35. The Balaban J connectivity index is 1.90. The lowest BCUT2D eigenvalue weighted by Crippen LogP contribution is -2.47. The van der Waals surface area contributed by atoms with Gasteiger partial charge in [-0.15, -0.1) is 0 Å². The Kier molecular flexibility index (Phi) is 2.99. The van der Waals surface area contributed by atoms with E-state index in [2.05, 4.69) is 36.3 Å². The standard InChI is InChI=1S/C21H21NO/c1-4-15-7-8-17(22-9-5-6-10-22)11-18(15)19-14(2)20(23)21(3)12-16(19)13-21/h4-11,16H,1,12-13H2,2-3H3.